The number of carbonyl (C=O) groups excluding carboxylic acids is 1. The Labute approximate surface area is 145 Å². The predicted molar refractivity (Wildman–Crippen MR) is 92.0 cm³/mol. The SMILES string of the molecule is C[C@H](O)[C@H](O)[C@@H](O)/C=N/Nc1ccccc1.C[C@H](O)[C@H](O)[C@@H](O)C=O. The maximum Gasteiger partial charge on any atom is 0.151 e. The van der Waals surface area contributed by atoms with E-state index in [0.29, 0.717) is 0 Å². The average molecular weight is 358 g/mol. The van der Waals surface area contributed by atoms with Crippen molar-refractivity contribution in [2.24, 2.45) is 5.10 Å². The maximum absolute atomic E-state index is 9.73. The first kappa shape index (κ1) is 23.1. The maximum atomic E-state index is 9.73. The van der Waals surface area contributed by atoms with Gasteiger partial charge in [0, 0.05) is 0 Å². The van der Waals surface area contributed by atoms with Crippen LogP contribution >= 0.6 is 0 Å². The van der Waals surface area contributed by atoms with Crippen molar-refractivity contribution in [3.8, 4) is 0 Å². The molecule has 142 valence electrons. The lowest BCUT2D eigenvalue weighted by molar-refractivity contribution is -0.125. The van der Waals surface area contributed by atoms with E-state index in [2.05, 4.69) is 10.5 Å². The van der Waals surface area contributed by atoms with Gasteiger partial charge in [-0.25, -0.2) is 0 Å². The zero-order chi connectivity index (χ0) is 19.4. The highest BCUT2D eigenvalue weighted by Gasteiger charge is 2.20. The van der Waals surface area contributed by atoms with E-state index in [9.17, 15) is 15.0 Å². The van der Waals surface area contributed by atoms with Gasteiger partial charge < -0.3 is 35.4 Å². The molecule has 9 nitrogen and oxygen atoms in total. The molecule has 0 unspecified atom stereocenters. The molecule has 0 aromatic heterocycles. The van der Waals surface area contributed by atoms with E-state index in [0.717, 1.165) is 11.9 Å². The average Bonchev–Trinajstić information content (AvgIpc) is 2.60. The van der Waals surface area contributed by atoms with Gasteiger partial charge in [0.1, 0.15) is 24.4 Å². The minimum Gasteiger partial charge on any atom is -0.391 e. The third-order valence-corrected chi connectivity index (χ3v) is 3.02. The van der Waals surface area contributed by atoms with E-state index in [-0.39, 0.29) is 6.29 Å². The molecule has 0 spiro atoms. The molecule has 25 heavy (non-hydrogen) atoms. The summed E-state index contributed by atoms with van der Waals surface area (Å²) in [5.74, 6) is 0. The molecule has 0 saturated heterocycles. The lowest BCUT2D eigenvalue weighted by atomic mass is 10.1. The van der Waals surface area contributed by atoms with Gasteiger partial charge in [0.15, 0.2) is 6.29 Å². The molecule has 0 bridgehead atoms. The second kappa shape index (κ2) is 12.5. The van der Waals surface area contributed by atoms with E-state index in [1.54, 1.807) is 0 Å². The monoisotopic (exact) mass is 358 g/mol. The summed E-state index contributed by atoms with van der Waals surface area (Å²) < 4.78 is 0. The molecule has 1 aromatic rings. The Hall–Kier alpha value is -1.88. The number of aldehydes is 1. The van der Waals surface area contributed by atoms with Crippen LogP contribution in [0.3, 0.4) is 0 Å². The zero-order valence-corrected chi connectivity index (χ0v) is 14.0. The van der Waals surface area contributed by atoms with E-state index >= 15 is 0 Å². The normalized spacial score (nSPS) is 18.2. The lowest BCUT2D eigenvalue weighted by Crippen LogP contribution is -2.36. The number of para-hydroxylation sites is 1. The van der Waals surface area contributed by atoms with Crippen molar-refractivity contribution in [1.82, 2.24) is 0 Å². The Morgan fingerprint density at radius 1 is 0.880 bits per heavy atom. The van der Waals surface area contributed by atoms with Gasteiger partial charge in [-0.05, 0) is 26.0 Å². The Kier molecular flexibility index (Phi) is 11.5. The molecular weight excluding hydrogens is 332 g/mol. The van der Waals surface area contributed by atoms with Gasteiger partial charge in [-0.2, -0.15) is 5.10 Å². The summed E-state index contributed by atoms with van der Waals surface area (Å²) in [5, 5.41) is 57.1. The summed E-state index contributed by atoms with van der Waals surface area (Å²) >= 11 is 0. The Morgan fingerprint density at radius 3 is 1.76 bits per heavy atom. The van der Waals surface area contributed by atoms with E-state index < -0.39 is 36.6 Å². The van der Waals surface area contributed by atoms with Gasteiger partial charge >= 0.3 is 0 Å². The van der Waals surface area contributed by atoms with Gasteiger partial charge in [0.05, 0.1) is 24.1 Å². The van der Waals surface area contributed by atoms with Crippen LogP contribution in [0.25, 0.3) is 0 Å². The quantitative estimate of drug-likeness (QED) is 0.167. The summed E-state index contributed by atoms with van der Waals surface area (Å²) in [5.41, 5.74) is 3.46. The molecule has 0 radical (unpaired) electrons. The number of aliphatic hydroxyl groups is 6. The van der Waals surface area contributed by atoms with Crippen LogP contribution in [-0.2, 0) is 4.79 Å². The number of aliphatic hydroxyl groups excluding tert-OH is 6. The summed E-state index contributed by atoms with van der Waals surface area (Å²) in [4.78, 5) is 9.73. The molecular formula is C16H26N2O7. The van der Waals surface area contributed by atoms with Gasteiger partial charge in [-0.1, -0.05) is 18.2 Å². The highest BCUT2D eigenvalue weighted by molar-refractivity contribution is 5.65. The molecule has 9 heteroatoms. The largest absolute Gasteiger partial charge is 0.391 e. The number of rotatable bonds is 8. The minimum atomic E-state index is -1.48. The molecule has 0 aliphatic rings. The van der Waals surface area contributed by atoms with Crippen LogP contribution in [0, 0.1) is 0 Å². The standard InChI is InChI=1S/C11H16N2O3.C5H10O4/c1-8(14)11(16)10(15)7-12-13-9-5-3-2-4-6-9;1-3(7)5(9)4(8)2-6/h2-8,10-11,13-16H,1H3;2-5,7-9H,1H3/b12-7+;/t8-,10-,11-;3-,4-,5-/m00/s1. The van der Waals surface area contributed by atoms with Crippen molar-refractivity contribution < 1.29 is 35.4 Å². The minimum absolute atomic E-state index is 0.178. The van der Waals surface area contributed by atoms with Gasteiger partial charge in [-0.3, -0.25) is 5.43 Å². The van der Waals surface area contributed by atoms with Crippen LogP contribution in [0.1, 0.15) is 13.8 Å². The van der Waals surface area contributed by atoms with Crippen LogP contribution in [0.2, 0.25) is 0 Å². The van der Waals surface area contributed by atoms with Crippen molar-refractivity contribution in [3.05, 3.63) is 30.3 Å². The van der Waals surface area contributed by atoms with Crippen molar-refractivity contribution in [2.75, 3.05) is 5.43 Å². The van der Waals surface area contributed by atoms with Gasteiger partial charge in [0.25, 0.3) is 0 Å². The third-order valence-electron chi connectivity index (χ3n) is 3.02. The van der Waals surface area contributed by atoms with Crippen LogP contribution in [0.15, 0.2) is 35.4 Å². The van der Waals surface area contributed by atoms with Crippen LogP contribution < -0.4 is 5.43 Å². The highest BCUT2D eigenvalue weighted by Crippen LogP contribution is 2.04. The summed E-state index contributed by atoms with van der Waals surface area (Å²) in [7, 11) is 0. The summed E-state index contributed by atoms with van der Waals surface area (Å²) in [6.07, 6.45) is -6.05. The Morgan fingerprint density at radius 2 is 1.36 bits per heavy atom. The number of hydrogen-bond acceptors (Lipinski definition) is 9. The molecule has 7 N–H and O–H groups in total. The molecule has 0 aliphatic heterocycles. The summed E-state index contributed by atoms with van der Waals surface area (Å²) in [6.45, 7) is 2.68. The topological polar surface area (TPSA) is 163 Å². The second-order valence-electron chi connectivity index (χ2n) is 5.34. The van der Waals surface area contributed by atoms with Crippen LogP contribution in [0.5, 0.6) is 0 Å². The van der Waals surface area contributed by atoms with Crippen LogP contribution in [0.4, 0.5) is 5.69 Å². The first-order chi connectivity index (χ1) is 11.7. The molecule has 1 rings (SSSR count). The number of anilines is 1. The lowest BCUT2D eigenvalue weighted by Gasteiger charge is -2.16. The molecule has 0 amide bonds. The highest BCUT2D eigenvalue weighted by atomic mass is 16.4. The molecule has 0 saturated carbocycles. The molecule has 0 heterocycles. The molecule has 0 aliphatic carbocycles. The molecule has 6 atom stereocenters. The smallest absolute Gasteiger partial charge is 0.151 e. The first-order valence-electron chi connectivity index (χ1n) is 7.58. The predicted octanol–water partition coefficient (Wildman–Crippen LogP) is -1.53. The Balaban J connectivity index is 0.000000547. The van der Waals surface area contributed by atoms with Crippen LogP contribution in [-0.4, -0.2) is 79.8 Å². The van der Waals surface area contributed by atoms with Gasteiger partial charge in [0.2, 0.25) is 0 Å². The fourth-order valence-electron chi connectivity index (χ4n) is 1.44. The third kappa shape index (κ3) is 9.87. The van der Waals surface area contributed by atoms with Crippen molar-refractivity contribution in [2.45, 2.75) is 50.5 Å². The number of hydrogen-bond donors (Lipinski definition) is 7. The van der Waals surface area contributed by atoms with Gasteiger partial charge in [-0.15, -0.1) is 0 Å². The van der Waals surface area contributed by atoms with E-state index in [4.69, 9.17) is 20.4 Å². The molecule has 0 fully saturated rings. The Bertz CT molecular complexity index is 497. The number of carbonyl (C=O) groups is 1. The van der Waals surface area contributed by atoms with E-state index in [1.165, 1.54) is 13.8 Å². The van der Waals surface area contributed by atoms with E-state index in [1.807, 2.05) is 30.3 Å². The second-order valence-corrected chi connectivity index (χ2v) is 5.34. The fraction of sp³-hybridized carbons (Fsp3) is 0.500. The molecule has 1 aromatic carbocycles. The zero-order valence-electron chi connectivity index (χ0n) is 14.0. The summed E-state index contributed by atoms with van der Waals surface area (Å²) in [6, 6.07) is 9.20. The van der Waals surface area contributed by atoms with Crippen molar-refractivity contribution >= 4 is 18.2 Å². The first-order valence-corrected chi connectivity index (χ1v) is 7.58. The fourth-order valence-corrected chi connectivity index (χ4v) is 1.44. The number of benzene rings is 1. The number of nitrogens with one attached hydrogen (secondary N) is 1. The number of nitrogens with zero attached hydrogens (tertiary/aromatic N) is 1. The van der Waals surface area contributed by atoms with Crippen molar-refractivity contribution in [3.63, 3.8) is 0 Å². The van der Waals surface area contributed by atoms with Crippen molar-refractivity contribution in [1.29, 1.82) is 0 Å². The number of hydrazone groups is 1.